The third-order valence-corrected chi connectivity index (χ3v) is 6.13. The Morgan fingerprint density at radius 3 is 2.75 bits per heavy atom. The summed E-state index contributed by atoms with van der Waals surface area (Å²) in [4.78, 5) is 0.211. The molecular formula is C13H15BrN2O2S2. The number of hydrogen-bond donors (Lipinski definition) is 2. The summed E-state index contributed by atoms with van der Waals surface area (Å²) in [6.45, 7) is 2.12. The Labute approximate surface area is 131 Å². The van der Waals surface area contributed by atoms with Gasteiger partial charge in [0.15, 0.2) is 0 Å². The normalized spacial score (nSPS) is 13.3. The average Bonchev–Trinajstić information content (AvgIpc) is 2.92. The molecule has 2 rings (SSSR count). The van der Waals surface area contributed by atoms with Crippen molar-refractivity contribution in [2.75, 3.05) is 0 Å². The van der Waals surface area contributed by atoms with E-state index in [9.17, 15) is 8.42 Å². The van der Waals surface area contributed by atoms with Crippen LogP contribution in [0.2, 0.25) is 0 Å². The minimum atomic E-state index is -3.60. The molecule has 0 radical (unpaired) electrons. The van der Waals surface area contributed by atoms with Crippen LogP contribution >= 0.6 is 27.3 Å². The highest BCUT2D eigenvalue weighted by Gasteiger charge is 2.21. The van der Waals surface area contributed by atoms with Gasteiger partial charge in [0.2, 0.25) is 10.0 Å². The van der Waals surface area contributed by atoms with Gasteiger partial charge in [-0.25, -0.2) is 13.1 Å². The molecule has 20 heavy (non-hydrogen) atoms. The fourth-order valence-corrected chi connectivity index (χ4v) is 4.77. The van der Waals surface area contributed by atoms with Gasteiger partial charge in [0.25, 0.3) is 0 Å². The molecule has 3 N–H and O–H groups in total. The van der Waals surface area contributed by atoms with Gasteiger partial charge in [-0.3, -0.25) is 0 Å². The van der Waals surface area contributed by atoms with Crippen molar-refractivity contribution in [3.05, 3.63) is 50.6 Å². The topological polar surface area (TPSA) is 72.2 Å². The summed E-state index contributed by atoms with van der Waals surface area (Å²) in [6.07, 6.45) is 0. The van der Waals surface area contributed by atoms with Gasteiger partial charge in [-0.2, -0.15) is 11.3 Å². The van der Waals surface area contributed by atoms with Gasteiger partial charge in [-0.05, 0) is 62.9 Å². The van der Waals surface area contributed by atoms with Crippen molar-refractivity contribution in [2.24, 2.45) is 5.73 Å². The predicted octanol–water partition coefficient (Wildman–Crippen LogP) is 3.01. The molecule has 1 unspecified atom stereocenters. The van der Waals surface area contributed by atoms with Crippen LogP contribution in [0, 0.1) is 0 Å². The zero-order valence-electron chi connectivity index (χ0n) is 10.8. The first-order valence-corrected chi connectivity index (χ1v) is 9.19. The maximum absolute atomic E-state index is 12.4. The number of nitrogens with one attached hydrogen (secondary N) is 1. The summed E-state index contributed by atoms with van der Waals surface area (Å²) in [5.41, 5.74) is 7.28. The number of thiophene rings is 1. The van der Waals surface area contributed by atoms with Crippen molar-refractivity contribution in [2.45, 2.75) is 24.4 Å². The Bertz CT molecular complexity index is 684. The molecule has 0 aliphatic rings. The van der Waals surface area contributed by atoms with Gasteiger partial charge >= 0.3 is 0 Å². The van der Waals surface area contributed by atoms with E-state index in [-0.39, 0.29) is 10.9 Å². The van der Waals surface area contributed by atoms with Crippen molar-refractivity contribution in [3.8, 4) is 0 Å². The maximum Gasteiger partial charge on any atom is 0.242 e. The van der Waals surface area contributed by atoms with Gasteiger partial charge in [-0.1, -0.05) is 6.07 Å². The first-order valence-electron chi connectivity index (χ1n) is 5.97. The smallest absolute Gasteiger partial charge is 0.242 e. The van der Waals surface area contributed by atoms with Crippen LogP contribution in [0.3, 0.4) is 0 Å². The number of nitrogens with two attached hydrogens (primary N) is 1. The summed E-state index contributed by atoms with van der Waals surface area (Å²) < 4.78 is 28.1. The SMILES string of the molecule is CC(NS(=O)(=O)c1cc(CN)ccc1Br)c1ccsc1. The third-order valence-electron chi connectivity index (χ3n) is 2.90. The van der Waals surface area contributed by atoms with E-state index in [2.05, 4.69) is 20.7 Å². The molecule has 0 bridgehead atoms. The first-order chi connectivity index (χ1) is 9.44. The zero-order chi connectivity index (χ0) is 14.8. The Morgan fingerprint density at radius 1 is 1.40 bits per heavy atom. The molecule has 7 heteroatoms. The standard InChI is InChI=1S/C13H15BrN2O2S2/c1-9(11-4-5-19-8-11)16-20(17,18)13-6-10(7-15)2-3-12(13)14/h2-6,8-9,16H,7,15H2,1H3. The summed E-state index contributed by atoms with van der Waals surface area (Å²) in [5, 5.41) is 3.85. The van der Waals surface area contributed by atoms with Crippen molar-refractivity contribution in [1.82, 2.24) is 4.72 Å². The second-order valence-electron chi connectivity index (χ2n) is 4.37. The summed E-state index contributed by atoms with van der Waals surface area (Å²) in [5.74, 6) is 0. The zero-order valence-corrected chi connectivity index (χ0v) is 14.1. The van der Waals surface area contributed by atoms with Gasteiger partial charge in [0.1, 0.15) is 0 Å². The molecule has 1 atom stereocenters. The van der Waals surface area contributed by atoms with Crippen LogP contribution in [0.4, 0.5) is 0 Å². The lowest BCUT2D eigenvalue weighted by atomic mass is 10.2. The van der Waals surface area contributed by atoms with E-state index in [1.54, 1.807) is 18.2 Å². The van der Waals surface area contributed by atoms with E-state index in [1.807, 2.05) is 23.8 Å². The van der Waals surface area contributed by atoms with Crippen molar-refractivity contribution in [3.63, 3.8) is 0 Å². The maximum atomic E-state index is 12.4. The monoisotopic (exact) mass is 374 g/mol. The Morgan fingerprint density at radius 2 is 2.15 bits per heavy atom. The lowest BCUT2D eigenvalue weighted by Gasteiger charge is -2.14. The third kappa shape index (κ3) is 3.48. The fraction of sp³-hybridized carbons (Fsp3) is 0.231. The molecule has 2 aromatic rings. The first kappa shape index (κ1) is 15.7. The highest BCUT2D eigenvalue weighted by molar-refractivity contribution is 9.10. The molecular weight excluding hydrogens is 360 g/mol. The van der Waals surface area contributed by atoms with Gasteiger partial charge in [-0.15, -0.1) is 0 Å². The minimum Gasteiger partial charge on any atom is -0.326 e. The van der Waals surface area contributed by atoms with E-state index in [0.717, 1.165) is 11.1 Å². The van der Waals surface area contributed by atoms with Crippen molar-refractivity contribution in [1.29, 1.82) is 0 Å². The predicted molar refractivity (Wildman–Crippen MR) is 85.1 cm³/mol. The Kier molecular flexibility index (Phi) is 4.98. The van der Waals surface area contributed by atoms with Crippen LogP contribution in [0.15, 0.2) is 44.4 Å². The second kappa shape index (κ2) is 6.36. The molecule has 4 nitrogen and oxygen atoms in total. The molecule has 1 aromatic heterocycles. The highest BCUT2D eigenvalue weighted by atomic mass is 79.9. The molecule has 1 heterocycles. The van der Waals surface area contributed by atoms with Gasteiger partial charge < -0.3 is 5.73 Å². The van der Waals surface area contributed by atoms with Crippen LogP contribution < -0.4 is 10.5 Å². The quantitative estimate of drug-likeness (QED) is 0.844. The molecule has 0 fully saturated rings. The number of benzene rings is 1. The summed E-state index contributed by atoms with van der Waals surface area (Å²) >= 11 is 4.81. The van der Waals surface area contributed by atoms with Crippen molar-refractivity contribution >= 4 is 37.3 Å². The van der Waals surface area contributed by atoms with Crippen LogP contribution in [0.5, 0.6) is 0 Å². The fourth-order valence-electron chi connectivity index (χ4n) is 1.77. The van der Waals surface area contributed by atoms with Crippen LogP contribution in [-0.4, -0.2) is 8.42 Å². The Balaban J connectivity index is 2.31. The van der Waals surface area contributed by atoms with E-state index in [0.29, 0.717) is 11.0 Å². The van der Waals surface area contributed by atoms with Gasteiger partial charge in [0.05, 0.1) is 4.90 Å². The van der Waals surface area contributed by atoms with Crippen LogP contribution in [0.1, 0.15) is 24.1 Å². The average molecular weight is 375 g/mol. The van der Waals surface area contributed by atoms with Crippen LogP contribution in [0.25, 0.3) is 0 Å². The number of sulfonamides is 1. The van der Waals surface area contributed by atoms with E-state index in [1.165, 1.54) is 11.3 Å². The Hall–Kier alpha value is -0.730. The number of hydrogen-bond acceptors (Lipinski definition) is 4. The molecule has 0 saturated heterocycles. The molecule has 0 amide bonds. The van der Waals surface area contributed by atoms with E-state index >= 15 is 0 Å². The highest BCUT2D eigenvalue weighted by Crippen LogP contribution is 2.25. The summed E-state index contributed by atoms with van der Waals surface area (Å²) in [6, 6.07) is 6.72. The molecule has 0 spiro atoms. The van der Waals surface area contributed by atoms with Crippen molar-refractivity contribution < 1.29 is 8.42 Å². The minimum absolute atomic E-state index is 0.211. The van der Waals surface area contributed by atoms with Gasteiger partial charge in [0, 0.05) is 17.1 Å². The largest absolute Gasteiger partial charge is 0.326 e. The lowest BCUT2D eigenvalue weighted by molar-refractivity contribution is 0.566. The molecule has 108 valence electrons. The number of halogens is 1. The second-order valence-corrected chi connectivity index (χ2v) is 7.69. The molecule has 0 aliphatic carbocycles. The summed E-state index contributed by atoms with van der Waals surface area (Å²) in [7, 11) is -3.60. The van der Waals surface area contributed by atoms with E-state index < -0.39 is 10.0 Å². The van der Waals surface area contributed by atoms with Crippen LogP contribution in [-0.2, 0) is 16.6 Å². The molecule has 0 saturated carbocycles. The molecule has 0 aliphatic heterocycles. The lowest BCUT2D eigenvalue weighted by Crippen LogP contribution is -2.27. The van der Waals surface area contributed by atoms with E-state index in [4.69, 9.17) is 5.73 Å². The molecule has 1 aromatic carbocycles. The number of rotatable bonds is 5.